The average Bonchev–Trinajstić information content (AvgIpc) is 3.23. The molecule has 2 aromatic rings. The maximum atomic E-state index is 12.6. The number of hydrogen-bond donors (Lipinski definition) is 1. The summed E-state index contributed by atoms with van der Waals surface area (Å²) in [4.78, 5) is 16.0. The molecule has 4 rings (SSSR count). The van der Waals surface area contributed by atoms with E-state index in [1.165, 1.54) is 18.4 Å². The standard InChI is InChI=1S/C22H28N4OS/c1-16-8-10-19(11-9-16)28-21-13-12-20(24-25-21)26-14-4-5-17(15-26)22(27)23-18-6-2-3-7-18/h8-13,17-18H,2-7,14-15H2,1H3,(H,23,27)/t17-/m1/s1. The first-order chi connectivity index (χ1) is 13.7. The van der Waals surface area contributed by atoms with Gasteiger partial charge in [-0.15, -0.1) is 10.2 Å². The zero-order valence-corrected chi connectivity index (χ0v) is 17.3. The summed E-state index contributed by atoms with van der Waals surface area (Å²) in [5.74, 6) is 1.14. The number of carbonyl (C=O) groups excluding carboxylic acids is 1. The van der Waals surface area contributed by atoms with Crippen molar-refractivity contribution in [2.75, 3.05) is 18.0 Å². The van der Waals surface area contributed by atoms with E-state index in [-0.39, 0.29) is 11.8 Å². The first-order valence-corrected chi connectivity index (χ1v) is 11.1. The summed E-state index contributed by atoms with van der Waals surface area (Å²) in [5, 5.41) is 13.0. The summed E-state index contributed by atoms with van der Waals surface area (Å²) in [6.07, 6.45) is 6.73. The Morgan fingerprint density at radius 1 is 1.04 bits per heavy atom. The summed E-state index contributed by atoms with van der Waals surface area (Å²) in [7, 11) is 0. The molecule has 0 bridgehead atoms. The lowest BCUT2D eigenvalue weighted by molar-refractivity contribution is -0.125. The average molecular weight is 397 g/mol. The van der Waals surface area contributed by atoms with Crippen LogP contribution in [-0.4, -0.2) is 35.2 Å². The van der Waals surface area contributed by atoms with Gasteiger partial charge in [-0.1, -0.05) is 42.3 Å². The monoisotopic (exact) mass is 396 g/mol. The Balaban J connectivity index is 1.35. The van der Waals surface area contributed by atoms with Crippen LogP contribution in [0.2, 0.25) is 0 Å². The first kappa shape index (κ1) is 19.2. The molecule has 1 saturated carbocycles. The van der Waals surface area contributed by atoms with Gasteiger partial charge < -0.3 is 10.2 Å². The molecule has 1 aliphatic carbocycles. The fraction of sp³-hybridized carbons (Fsp3) is 0.500. The predicted molar refractivity (Wildman–Crippen MR) is 113 cm³/mol. The second kappa shape index (κ2) is 8.95. The van der Waals surface area contributed by atoms with Gasteiger partial charge in [0.25, 0.3) is 0 Å². The normalized spacial score (nSPS) is 20.3. The quantitative estimate of drug-likeness (QED) is 0.820. The van der Waals surface area contributed by atoms with Gasteiger partial charge in [-0.2, -0.15) is 0 Å². The van der Waals surface area contributed by atoms with Crippen molar-refractivity contribution < 1.29 is 4.79 Å². The molecule has 28 heavy (non-hydrogen) atoms. The van der Waals surface area contributed by atoms with E-state index in [9.17, 15) is 4.79 Å². The summed E-state index contributed by atoms with van der Waals surface area (Å²) < 4.78 is 0. The number of carbonyl (C=O) groups is 1. The van der Waals surface area contributed by atoms with Gasteiger partial charge in [-0.25, -0.2) is 0 Å². The smallest absolute Gasteiger partial charge is 0.225 e. The summed E-state index contributed by atoms with van der Waals surface area (Å²) in [6.45, 7) is 3.76. The Labute approximate surface area is 171 Å². The topological polar surface area (TPSA) is 58.1 Å². The molecule has 2 heterocycles. The van der Waals surface area contributed by atoms with E-state index in [0.717, 1.165) is 54.5 Å². The van der Waals surface area contributed by atoms with E-state index in [0.29, 0.717) is 6.04 Å². The Kier molecular flexibility index (Phi) is 6.15. The van der Waals surface area contributed by atoms with E-state index in [1.807, 2.05) is 12.1 Å². The molecule has 5 nitrogen and oxygen atoms in total. The van der Waals surface area contributed by atoms with Gasteiger partial charge >= 0.3 is 0 Å². The van der Waals surface area contributed by atoms with Crippen molar-refractivity contribution >= 4 is 23.5 Å². The van der Waals surface area contributed by atoms with Gasteiger partial charge in [0.15, 0.2) is 5.82 Å². The number of amides is 1. The number of piperidine rings is 1. The van der Waals surface area contributed by atoms with Gasteiger partial charge in [-0.05, 0) is 56.9 Å². The number of anilines is 1. The fourth-order valence-corrected chi connectivity index (χ4v) is 4.78. The molecule has 1 saturated heterocycles. The molecule has 2 fully saturated rings. The zero-order chi connectivity index (χ0) is 19.3. The van der Waals surface area contributed by atoms with Crippen LogP contribution in [0.4, 0.5) is 5.82 Å². The van der Waals surface area contributed by atoms with Crippen LogP contribution < -0.4 is 10.2 Å². The van der Waals surface area contributed by atoms with E-state index >= 15 is 0 Å². The van der Waals surface area contributed by atoms with Crippen LogP contribution in [-0.2, 0) is 4.79 Å². The second-order valence-corrected chi connectivity index (χ2v) is 9.01. The van der Waals surface area contributed by atoms with E-state index < -0.39 is 0 Å². The molecule has 1 N–H and O–H groups in total. The van der Waals surface area contributed by atoms with Crippen molar-refractivity contribution in [1.82, 2.24) is 15.5 Å². The Morgan fingerprint density at radius 3 is 2.54 bits per heavy atom. The van der Waals surface area contributed by atoms with Crippen LogP contribution in [0, 0.1) is 12.8 Å². The first-order valence-electron chi connectivity index (χ1n) is 10.3. The lowest BCUT2D eigenvalue weighted by Crippen LogP contribution is -2.45. The molecule has 1 amide bonds. The van der Waals surface area contributed by atoms with Crippen molar-refractivity contribution in [3.8, 4) is 0 Å². The van der Waals surface area contributed by atoms with Crippen LogP contribution in [0.15, 0.2) is 46.3 Å². The van der Waals surface area contributed by atoms with Crippen LogP contribution in [0.5, 0.6) is 0 Å². The van der Waals surface area contributed by atoms with Crippen molar-refractivity contribution in [1.29, 1.82) is 0 Å². The zero-order valence-electron chi connectivity index (χ0n) is 16.4. The molecule has 0 spiro atoms. The van der Waals surface area contributed by atoms with E-state index in [2.05, 4.69) is 51.6 Å². The van der Waals surface area contributed by atoms with Crippen molar-refractivity contribution in [3.63, 3.8) is 0 Å². The third-order valence-corrected chi connectivity index (χ3v) is 6.62. The van der Waals surface area contributed by atoms with Crippen molar-refractivity contribution in [2.24, 2.45) is 5.92 Å². The summed E-state index contributed by atoms with van der Waals surface area (Å²) in [5.41, 5.74) is 1.25. The predicted octanol–water partition coefficient (Wildman–Crippen LogP) is 4.21. The minimum absolute atomic E-state index is 0.0535. The third-order valence-electron chi connectivity index (χ3n) is 5.69. The summed E-state index contributed by atoms with van der Waals surface area (Å²) in [6, 6.07) is 12.9. The molecule has 0 unspecified atom stereocenters. The van der Waals surface area contributed by atoms with Gasteiger partial charge in [0, 0.05) is 24.0 Å². The van der Waals surface area contributed by atoms with Gasteiger partial charge in [-0.3, -0.25) is 4.79 Å². The lowest BCUT2D eigenvalue weighted by Gasteiger charge is -2.33. The number of aromatic nitrogens is 2. The van der Waals surface area contributed by atoms with Crippen molar-refractivity contribution in [3.05, 3.63) is 42.0 Å². The minimum atomic E-state index is 0.0535. The SMILES string of the molecule is Cc1ccc(Sc2ccc(N3CCC[C@@H](C(=O)NC4CCCC4)C3)nn2)cc1. The van der Waals surface area contributed by atoms with Gasteiger partial charge in [0.05, 0.1) is 5.92 Å². The van der Waals surface area contributed by atoms with Crippen LogP contribution in [0.3, 0.4) is 0 Å². The molecule has 1 aromatic carbocycles. The molecule has 2 aliphatic rings. The molecular formula is C22H28N4OS. The van der Waals surface area contributed by atoms with Crippen LogP contribution >= 0.6 is 11.8 Å². The van der Waals surface area contributed by atoms with Crippen LogP contribution in [0.1, 0.15) is 44.1 Å². The maximum absolute atomic E-state index is 12.6. The highest BCUT2D eigenvalue weighted by Crippen LogP contribution is 2.28. The Hall–Kier alpha value is -2.08. The number of rotatable bonds is 5. The highest BCUT2D eigenvalue weighted by atomic mass is 32.2. The minimum Gasteiger partial charge on any atom is -0.354 e. The Morgan fingerprint density at radius 2 is 1.82 bits per heavy atom. The largest absolute Gasteiger partial charge is 0.354 e. The molecule has 0 radical (unpaired) electrons. The van der Waals surface area contributed by atoms with Crippen molar-refractivity contribution in [2.45, 2.75) is 61.4 Å². The number of nitrogens with zero attached hydrogens (tertiary/aromatic N) is 3. The Bertz CT molecular complexity index is 787. The summed E-state index contributed by atoms with van der Waals surface area (Å²) >= 11 is 1.62. The molecule has 1 atom stereocenters. The van der Waals surface area contributed by atoms with Gasteiger partial charge in [0.2, 0.25) is 5.91 Å². The molecule has 1 aromatic heterocycles. The second-order valence-electron chi connectivity index (χ2n) is 7.92. The molecule has 1 aliphatic heterocycles. The van der Waals surface area contributed by atoms with E-state index in [1.54, 1.807) is 11.8 Å². The highest BCUT2D eigenvalue weighted by molar-refractivity contribution is 7.99. The lowest BCUT2D eigenvalue weighted by atomic mass is 9.96. The van der Waals surface area contributed by atoms with Gasteiger partial charge in [0.1, 0.15) is 5.03 Å². The fourth-order valence-electron chi connectivity index (χ4n) is 4.05. The number of benzene rings is 1. The number of nitrogens with one attached hydrogen (secondary N) is 1. The highest BCUT2D eigenvalue weighted by Gasteiger charge is 2.28. The number of aryl methyl sites for hydroxylation is 1. The molecule has 148 valence electrons. The number of hydrogen-bond acceptors (Lipinski definition) is 5. The molecule has 6 heteroatoms. The molecular weight excluding hydrogens is 368 g/mol. The maximum Gasteiger partial charge on any atom is 0.225 e. The van der Waals surface area contributed by atoms with Crippen LogP contribution in [0.25, 0.3) is 0 Å². The van der Waals surface area contributed by atoms with E-state index in [4.69, 9.17) is 0 Å². The third kappa shape index (κ3) is 4.85.